The van der Waals surface area contributed by atoms with Gasteiger partial charge in [0.15, 0.2) is 11.5 Å². The summed E-state index contributed by atoms with van der Waals surface area (Å²) in [6.07, 6.45) is 0.524. The van der Waals surface area contributed by atoms with Gasteiger partial charge < -0.3 is 19.7 Å². The molecule has 0 aromatic heterocycles. The molecule has 4 nitrogen and oxygen atoms in total. The Balaban J connectivity index is 2.31. The molecule has 142 valence electrons. The van der Waals surface area contributed by atoms with Crippen molar-refractivity contribution in [1.82, 2.24) is 0 Å². The van der Waals surface area contributed by atoms with Crippen molar-refractivity contribution in [3.63, 3.8) is 0 Å². The molecule has 2 aromatic rings. The number of aliphatic hydroxyl groups is 1. The SMILES string of the molecule is COc1cc([C@H](CCO)c2ccccc2)c(O)cc1OCC[Si](C)(C)C. The summed E-state index contributed by atoms with van der Waals surface area (Å²) in [5.74, 6) is 1.22. The van der Waals surface area contributed by atoms with Crippen LogP contribution in [0, 0.1) is 0 Å². The van der Waals surface area contributed by atoms with Crippen LogP contribution in [0.4, 0.5) is 0 Å². The Morgan fingerprint density at radius 1 is 1.04 bits per heavy atom. The standard InChI is InChI=1S/C21H30O4Si/c1-24-20-14-18(17(10-11-22)16-8-6-5-7-9-16)19(23)15-21(20)25-12-13-26(2,3)4/h5-9,14-15,17,22-23H,10-13H2,1-4H3/t17-/m1/s1. The molecule has 2 N–H and O–H groups in total. The molecule has 0 aliphatic rings. The second-order valence-electron chi connectivity index (χ2n) is 7.70. The second kappa shape index (κ2) is 9.10. The first-order valence-electron chi connectivity index (χ1n) is 9.05. The maximum atomic E-state index is 10.6. The van der Waals surface area contributed by atoms with Crippen molar-refractivity contribution in [3.05, 3.63) is 53.6 Å². The number of aromatic hydroxyl groups is 1. The molecule has 0 radical (unpaired) electrons. The Bertz CT molecular complexity index is 695. The summed E-state index contributed by atoms with van der Waals surface area (Å²) in [5.41, 5.74) is 1.78. The average Bonchev–Trinajstić information content (AvgIpc) is 2.60. The van der Waals surface area contributed by atoms with E-state index in [1.807, 2.05) is 36.4 Å². The van der Waals surface area contributed by atoms with Gasteiger partial charge in [0.1, 0.15) is 5.75 Å². The van der Waals surface area contributed by atoms with Crippen LogP contribution in [0.1, 0.15) is 23.5 Å². The molecule has 0 amide bonds. The molecule has 0 heterocycles. The van der Waals surface area contributed by atoms with Crippen LogP contribution < -0.4 is 9.47 Å². The predicted molar refractivity (Wildman–Crippen MR) is 108 cm³/mol. The number of rotatable bonds is 9. The summed E-state index contributed by atoms with van der Waals surface area (Å²) in [6, 6.07) is 14.4. The third-order valence-electron chi connectivity index (χ3n) is 4.42. The minimum absolute atomic E-state index is 0.0375. The van der Waals surface area contributed by atoms with Crippen molar-refractivity contribution >= 4 is 8.07 Å². The lowest BCUT2D eigenvalue weighted by atomic mass is 9.88. The van der Waals surface area contributed by atoms with Gasteiger partial charge in [0.05, 0.1) is 13.7 Å². The summed E-state index contributed by atoms with van der Waals surface area (Å²) in [5, 5.41) is 20.1. The van der Waals surface area contributed by atoms with Gasteiger partial charge in [0.2, 0.25) is 0 Å². The van der Waals surface area contributed by atoms with Gasteiger partial charge in [-0.05, 0) is 24.1 Å². The van der Waals surface area contributed by atoms with Gasteiger partial charge in [0.25, 0.3) is 0 Å². The minimum atomic E-state index is -1.19. The molecule has 0 fully saturated rings. The highest BCUT2D eigenvalue weighted by Crippen LogP contribution is 2.41. The Labute approximate surface area is 157 Å². The van der Waals surface area contributed by atoms with Crippen LogP contribution in [-0.2, 0) is 0 Å². The summed E-state index contributed by atoms with van der Waals surface area (Å²) in [4.78, 5) is 0. The van der Waals surface area contributed by atoms with E-state index in [2.05, 4.69) is 19.6 Å². The van der Waals surface area contributed by atoms with Crippen molar-refractivity contribution in [2.24, 2.45) is 0 Å². The topological polar surface area (TPSA) is 58.9 Å². The first-order chi connectivity index (χ1) is 12.4. The molecule has 0 spiro atoms. The fraction of sp³-hybridized carbons (Fsp3) is 0.429. The smallest absolute Gasteiger partial charge is 0.164 e. The first-order valence-corrected chi connectivity index (χ1v) is 12.8. The number of hydrogen-bond donors (Lipinski definition) is 2. The van der Waals surface area contributed by atoms with Crippen LogP contribution in [0.5, 0.6) is 17.2 Å². The second-order valence-corrected chi connectivity index (χ2v) is 13.3. The van der Waals surface area contributed by atoms with Crippen molar-refractivity contribution in [1.29, 1.82) is 0 Å². The van der Waals surface area contributed by atoms with Gasteiger partial charge in [-0.3, -0.25) is 0 Å². The predicted octanol–water partition coefficient (Wildman–Crippen LogP) is 4.63. The number of ether oxygens (including phenoxy) is 2. The van der Waals surface area contributed by atoms with E-state index in [1.165, 1.54) is 0 Å². The zero-order valence-electron chi connectivity index (χ0n) is 16.2. The van der Waals surface area contributed by atoms with Crippen molar-refractivity contribution in [2.45, 2.75) is 38.0 Å². The summed E-state index contributed by atoms with van der Waals surface area (Å²) >= 11 is 0. The maximum absolute atomic E-state index is 10.6. The van der Waals surface area contributed by atoms with Crippen molar-refractivity contribution in [3.8, 4) is 17.2 Å². The van der Waals surface area contributed by atoms with E-state index < -0.39 is 8.07 Å². The van der Waals surface area contributed by atoms with Crippen LogP contribution in [0.25, 0.3) is 0 Å². The van der Waals surface area contributed by atoms with Gasteiger partial charge >= 0.3 is 0 Å². The molecule has 0 aliphatic heterocycles. The Morgan fingerprint density at radius 2 is 1.73 bits per heavy atom. The van der Waals surface area contributed by atoms with Gasteiger partial charge in [-0.25, -0.2) is 0 Å². The molecule has 5 heteroatoms. The number of aliphatic hydroxyl groups excluding tert-OH is 1. The number of hydrogen-bond acceptors (Lipinski definition) is 4. The fourth-order valence-electron chi connectivity index (χ4n) is 2.90. The monoisotopic (exact) mass is 374 g/mol. The van der Waals surface area contributed by atoms with Gasteiger partial charge in [-0.2, -0.15) is 0 Å². The molecular weight excluding hydrogens is 344 g/mol. The van der Waals surface area contributed by atoms with Gasteiger partial charge in [0, 0.05) is 32.2 Å². The summed E-state index contributed by atoms with van der Waals surface area (Å²) in [7, 11) is 0.410. The van der Waals surface area contributed by atoms with Crippen LogP contribution in [0.15, 0.2) is 42.5 Å². The Hall–Kier alpha value is -1.98. The maximum Gasteiger partial charge on any atom is 0.164 e. The first kappa shape index (κ1) is 20.3. The highest BCUT2D eigenvalue weighted by molar-refractivity contribution is 6.76. The van der Waals surface area contributed by atoms with Crippen LogP contribution >= 0.6 is 0 Å². The molecule has 0 unspecified atom stereocenters. The highest BCUT2D eigenvalue weighted by Gasteiger charge is 2.21. The largest absolute Gasteiger partial charge is 0.508 e. The van der Waals surface area contributed by atoms with Crippen molar-refractivity contribution < 1.29 is 19.7 Å². The lowest BCUT2D eigenvalue weighted by Crippen LogP contribution is -2.22. The normalized spacial score (nSPS) is 12.7. The molecule has 0 bridgehead atoms. The number of phenols is 1. The summed E-state index contributed by atoms with van der Waals surface area (Å²) < 4.78 is 11.4. The van der Waals surface area contributed by atoms with Gasteiger partial charge in [-0.15, -0.1) is 0 Å². The quantitative estimate of drug-likeness (QED) is 0.628. The van der Waals surface area contributed by atoms with E-state index >= 15 is 0 Å². The van der Waals surface area contributed by atoms with E-state index in [-0.39, 0.29) is 18.3 Å². The lowest BCUT2D eigenvalue weighted by Gasteiger charge is -2.21. The average molecular weight is 375 g/mol. The minimum Gasteiger partial charge on any atom is -0.508 e. The van der Waals surface area contributed by atoms with Crippen molar-refractivity contribution in [2.75, 3.05) is 20.3 Å². The van der Waals surface area contributed by atoms with Crippen LogP contribution in [-0.4, -0.2) is 38.6 Å². The van der Waals surface area contributed by atoms with E-state index in [9.17, 15) is 10.2 Å². The van der Waals surface area contributed by atoms with Crippen LogP contribution in [0.3, 0.4) is 0 Å². The Kier molecular flexibility index (Phi) is 7.11. The number of benzene rings is 2. The molecule has 2 rings (SSSR count). The molecule has 2 aromatic carbocycles. The zero-order valence-corrected chi connectivity index (χ0v) is 17.2. The zero-order chi connectivity index (χ0) is 19.2. The summed E-state index contributed by atoms with van der Waals surface area (Å²) in [6.45, 7) is 7.55. The molecule has 1 atom stereocenters. The molecule has 0 saturated carbocycles. The van der Waals surface area contributed by atoms with E-state index in [1.54, 1.807) is 13.2 Å². The molecule has 0 aliphatic carbocycles. The molecular formula is C21H30O4Si. The van der Waals surface area contributed by atoms with Crippen LogP contribution in [0.2, 0.25) is 25.7 Å². The molecule has 26 heavy (non-hydrogen) atoms. The number of methoxy groups -OCH3 is 1. The van der Waals surface area contributed by atoms with Gasteiger partial charge in [-0.1, -0.05) is 50.0 Å². The third kappa shape index (κ3) is 5.51. The fourth-order valence-corrected chi connectivity index (χ4v) is 3.61. The van der Waals surface area contributed by atoms with E-state index in [0.717, 1.165) is 17.2 Å². The number of phenolic OH excluding ortho intramolecular Hbond substituents is 1. The van der Waals surface area contributed by atoms with E-state index in [0.29, 0.717) is 24.5 Å². The lowest BCUT2D eigenvalue weighted by molar-refractivity contribution is 0.280. The van der Waals surface area contributed by atoms with E-state index in [4.69, 9.17) is 9.47 Å². The highest BCUT2D eigenvalue weighted by atomic mass is 28.3. The Morgan fingerprint density at radius 3 is 2.31 bits per heavy atom. The third-order valence-corrected chi connectivity index (χ3v) is 6.12. The molecule has 0 saturated heterocycles.